The van der Waals surface area contributed by atoms with Crippen molar-refractivity contribution >= 4 is 18.0 Å². The maximum absolute atomic E-state index is 11.4. The maximum Gasteiger partial charge on any atom is 0.330 e. The molecule has 1 amide bonds. The van der Waals surface area contributed by atoms with Gasteiger partial charge < -0.3 is 19.9 Å². The summed E-state index contributed by atoms with van der Waals surface area (Å²) in [6.45, 7) is 4.82. The number of aliphatic hydroxyl groups excluding tert-OH is 1. The second-order valence-corrected chi connectivity index (χ2v) is 5.01. The van der Waals surface area contributed by atoms with Crippen LogP contribution >= 0.6 is 0 Å². The molecule has 0 heterocycles. The number of carbonyl (C=O) groups is 2. The van der Waals surface area contributed by atoms with Gasteiger partial charge in [-0.05, 0) is 30.7 Å². The van der Waals surface area contributed by atoms with Gasteiger partial charge in [0.2, 0.25) is 5.91 Å². The molecule has 0 spiro atoms. The Hall–Kier alpha value is -3.11. The van der Waals surface area contributed by atoms with Gasteiger partial charge in [-0.3, -0.25) is 4.79 Å². The molecule has 1 aromatic carbocycles. The average Bonchev–Trinajstić information content (AvgIpc) is 2.60. The van der Waals surface area contributed by atoms with Gasteiger partial charge in [0.1, 0.15) is 12.4 Å². The fourth-order valence-corrected chi connectivity index (χ4v) is 1.71. The van der Waals surface area contributed by atoms with Crippen LogP contribution in [0.1, 0.15) is 24.5 Å². The summed E-state index contributed by atoms with van der Waals surface area (Å²) in [5.74, 6) is -0.457. The van der Waals surface area contributed by atoms with Crippen LogP contribution in [-0.2, 0) is 20.9 Å². The van der Waals surface area contributed by atoms with E-state index in [0.717, 1.165) is 0 Å². The van der Waals surface area contributed by atoms with E-state index in [1.807, 2.05) is 6.07 Å². The van der Waals surface area contributed by atoms with Crippen LogP contribution in [0.3, 0.4) is 0 Å². The quantitative estimate of drug-likeness (QED) is 0.305. The van der Waals surface area contributed by atoms with E-state index < -0.39 is 5.97 Å². The second kappa shape index (κ2) is 10.6. The second-order valence-electron chi connectivity index (χ2n) is 5.01. The average molecular weight is 344 g/mol. The highest BCUT2D eigenvalue weighted by Crippen LogP contribution is 2.21. The predicted octanol–water partition coefficient (Wildman–Crippen LogP) is 1.68. The molecular formula is C18H20N2O5. The van der Waals surface area contributed by atoms with Crippen LogP contribution in [0.4, 0.5) is 0 Å². The van der Waals surface area contributed by atoms with Crippen molar-refractivity contribution in [1.82, 2.24) is 5.32 Å². The molecule has 0 saturated heterocycles. The third-order valence-electron chi connectivity index (χ3n) is 2.97. The molecule has 7 heteroatoms. The van der Waals surface area contributed by atoms with Crippen LogP contribution in [0.2, 0.25) is 0 Å². The molecule has 0 aliphatic heterocycles. The molecule has 0 atom stereocenters. The SMILES string of the molecule is C=C(C)C(=O)NCOc1ccc(/C=C/C(=O)OCCC#N)cc1CO. The Bertz CT molecular complexity index is 704. The maximum atomic E-state index is 11.4. The molecule has 0 aromatic heterocycles. The van der Waals surface area contributed by atoms with Gasteiger partial charge in [-0.1, -0.05) is 12.6 Å². The number of nitrogens with one attached hydrogen (secondary N) is 1. The summed E-state index contributed by atoms with van der Waals surface area (Å²) in [6.07, 6.45) is 2.91. The summed E-state index contributed by atoms with van der Waals surface area (Å²) >= 11 is 0. The first-order chi connectivity index (χ1) is 12.0. The normalized spacial score (nSPS) is 10.1. The number of nitriles is 1. The standard InChI is InChI=1S/C18H20N2O5/c1-13(2)18(23)20-12-25-16-6-4-14(10-15(16)11-21)5-7-17(22)24-9-3-8-19/h4-7,10,21H,1,3,9,11-12H2,2H3,(H,20,23)/b7-5+. The van der Waals surface area contributed by atoms with E-state index in [-0.39, 0.29) is 32.3 Å². The molecule has 25 heavy (non-hydrogen) atoms. The Morgan fingerprint density at radius 2 is 2.20 bits per heavy atom. The molecule has 0 aliphatic rings. The van der Waals surface area contributed by atoms with Crippen LogP contribution in [-0.4, -0.2) is 30.3 Å². The van der Waals surface area contributed by atoms with Crippen molar-refractivity contribution in [3.8, 4) is 11.8 Å². The molecule has 0 aliphatic carbocycles. The summed E-state index contributed by atoms with van der Waals surface area (Å²) in [4.78, 5) is 22.8. The number of hydrogen-bond donors (Lipinski definition) is 2. The fourth-order valence-electron chi connectivity index (χ4n) is 1.71. The summed E-state index contributed by atoms with van der Waals surface area (Å²) in [6, 6.07) is 6.83. The van der Waals surface area contributed by atoms with E-state index >= 15 is 0 Å². The Labute approximate surface area is 146 Å². The number of aliphatic hydroxyl groups is 1. The lowest BCUT2D eigenvalue weighted by Gasteiger charge is -2.11. The van der Waals surface area contributed by atoms with E-state index in [1.54, 1.807) is 25.1 Å². The molecule has 1 rings (SSSR count). The van der Waals surface area contributed by atoms with Crippen LogP contribution < -0.4 is 10.1 Å². The zero-order valence-corrected chi connectivity index (χ0v) is 13.9. The highest BCUT2D eigenvalue weighted by Gasteiger charge is 2.06. The molecule has 0 bridgehead atoms. The van der Waals surface area contributed by atoms with Crippen LogP contribution in [0.15, 0.2) is 36.4 Å². The molecule has 0 fully saturated rings. The molecule has 132 valence electrons. The lowest BCUT2D eigenvalue weighted by molar-refractivity contribution is -0.137. The summed E-state index contributed by atoms with van der Waals surface area (Å²) in [7, 11) is 0. The van der Waals surface area contributed by atoms with Crippen molar-refractivity contribution in [1.29, 1.82) is 5.26 Å². The van der Waals surface area contributed by atoms with Crippen molar-refractivity contribution in [2.45, 2.75) is 20.0 Å². The summed E-state index contributed by atoms with van der Waals surface area (Å²) < 4.78 is 10.2. The van der Waals surface area contributed by atoms with Crippen molar-refractivity contribution in [2.75, 3.05) is 13.3 Å². The highest BCUT2D eigenvalue weighted by molar-refractivity contribution is 5.91. The lowest BCUT2D eigenvalue weighted by Crippen LogP contribution is -2.28. The zero-order valence-electron chi connectivity index (χ0n) is 13.9. The predicted molar refractivity (Wildman–Crippen MR) is 91.0 cm³/mol. The molecular weight excluding hydrogens is 324 g/mol. The first-order valence-corrected chi connectivity index (χ1v) is 7.50. The van der Waals surface area contributed by atoms with Gasteiger partial charge in [-0.15, -0.1) is 0 Å². The molecule has 2 N–H and O–H groups in total. The van der Waals surface area contributed by atoms with E-state index in [4.69, 9.17) is 14.7 Å². The van der Waals surface area contributed by atoms with Crippen molar-refractivity contribution in [3.63, 3.8) is 0 Å². The Morgan fingerprint density at radius 3 is 2.84 bits per heavy atom. The van der Waals surface area contributed by atoms with Crippen LogP contribution in [0, 0.1) is 11.3 Å². The number of ether oxygens (including phenoxy) is 2. The molecule has 0 radical (unpaired) electrons. The number of rotatable bonds is 9. The van der Waals surface area contributed by atoms with Gasteiger partial charge in [-0.2, -0.15) is 5.26 Å². The van der Waals surface area contributed by atoms with E-state index in [0.29, 0.717) is 22.4 Å². The van der Waals surface area contributed by atoms with Crippen LogP contribution in [0.25, 0.3) is 6.08 Å². The summed E-state index contributed by atoms with van der Waals surface area (Å²) in [5, 5.41) is 20.3. The van der Waals surface area contributed by atoms with Gasteiger partial charge in [0.15, 0.2) is 6.73 Å². The minimum Gasteiger partial charge on any atom is -0.473 e. The lowest BCUT2D eigenvalue weighted by atomic mass is 10.1. The first-order valence-electron chi connectivity index (χ1n) is 7.50. The molecule has 7 nitrogen and oxygen atoms in total. The number of carbonyl (C=O) groups excluding carboxylic acids is 2. The Balaban J connectivity index is 2.65. The van der Waals surface area contributed by atoms with Crippen LogP contribution in [0.5, 0.6) is 5.75 Å². The van der Waals surface area contributed by atoms with Crippen molar-refractivity contribution in [3.05, 3.63) is 47.6 Å². The van der Waals surface area contributed by atoms with E-state index in [1.165, 1.54) is 12.2 Å². The number of nitrogens with zero attached hydrogens (tertiary/aromatic N) is 1. The monoisotopic (exact) mass is 344 g/mol. The minimum atomic E-state index is -0.552. The number of benzene rings is 1. The largest absolute Gasteiger partial charge is 0.473 e. The van der Waals surface area contributed by atoms with Gasteiger partial charge in [-0.25, -0.2) is 4.79 Å². The Kier molecular flexibility index (Phi) is 8.47. The van der Waals surface area contributed by atoms with Crippen molar-refractivity contribution < 1.29 is 24.2 Å². The van der Waals surface area contributed by atoms with E-state index in [9.17, 15) is 14.7 Å². The van der Waals surface area contributed by atoms with Gasteiger partial charge in [0.05, 0.1) is 19.1 Å². The molecule has 0 unspecified atom stereocenters. The molecule has 1 aromatic rings. The van der Waals surface area contributed by atoms with Gasteiger partial charge >= 0.3 is 5.97 Å². The minimum absolute atomic E-state index is 0.0459. The summed E-state index contributed by atoms with van der Waals surface area (Å²) in [5.41, 5.74) is 1.54. The highest BCUT2D eigenvalue weighted by atomic mass is 16.5. The van der Waals surface area contributed by atoms with Gasteiger partial charge in [0.25, 0.3) is 0 Å². The topological polar surface area (TPSA) is 109 Å². The fraction of sp³-hybridized carbons (Fsp3) is 0.278. The zero-order chi connectivity index (χ0) is 18.7. The smallest absolute Gasteiger partial charge is 0.330 e. The third kappa shape index (κ3) is 7.33. The molecule has 0 saturated carbocycles. The Morgan fingerprint density at radius 1 is 1.44 bits per heavy atom. The number of esters is 1. The first kappa shape index (κ1) is 19.9. The van der Waals surface area contributed by atoms with Crippen molar-refractivity contribution in [2.24, 2.45) is 0 Å². The number of hydrogen-bond acceptors (Lipinski definition) is 6. The van der Waals surface area contributed by atoms with E-state index in [2.05, 4.69) is 11.9 Å². The third-order valence-corrected chi connectivity index (χ3v) is 2.97. The van der Waals surface area contributed by atoms with Gasteiger partial charge in [0, 0.05) is 17.2 Å². The number of amides is 1.